The van der Waals surface area contributed by atoms with Crippen LogP contribution in [0.15, 0.2) is 16.2 Å². The van der Waals surface area contributed by atoms with Crippen LogP contribution in [0, 0.1) is 5.92 Å². The second kappa shape index (κ2) is 8.06. The summed E-state index contributed by atoms with van der Waals surface area (Å²) >= 11 is 1.45. The van der Waals surface area contributed by atoms with Crippen molar-refractivity contribution in [1.82, 2.24) is 20.2 Å². The number of piperidine rings is 1. The molecule has 5 nitrogen and oxygen atoms in total. The molecule has 7 heteroatoms. The van der Waals surface area contributed by atoms with Gasteiger partial charge in [-0.2, -0.15) is 0 Å². The van der Waals surface area contributed by atoms with Crippen LogP contribution in [0.25, 0.3) is 10.2 Å². The summed E-state index contributed by atoms with van der Waals surface area (Å²) in [7, 11) is 2.01. The highest BCUT2D eigenvalue weighted by Gasteiger charge is 2.19. The summed E-state index contributed by atoms with van der Waals surface area (Å²) in [6, 6.07) is 1.92. The zero-order valence-electron chi connectivity index (χ0n) is 12.8. The highest BCUT2D eigenvalue weighted by Crippen LogP contribution is 2.21. The summed E-state index contributed by atoms with van der Waals surface area (Å²) < 4.78 is 0.726. The summed E-state index contributed by atoms with van der Waals surface area (Å²) in [6.45, 7) is 4.05. The first-order valence-corrected chi connectivity index (χ1v) is 8.47. The van der Waals surface area contributed by atoms with E-state index in [1.807, 2.05) is 18.5 Å². The molecule has 22 heavy (non-hydrogen) atoms. The van der Waals surface area contributed by atoms with Crippen LogP contribution in [0.1, 0.15) is 25.1 Å². The quantitative estimate of drug-likeness (QED) is 0.874. The minimum absolute atomic E-state index is 0. The van der Waals surface area contributed by atoms with Gasteiger partial charge in [0.2, 0.25) is 0 Å². The molecule has 1 saturated heterocycles. The summed E-state index contributed by atoms with van der Waals surface area (Å²) in [5.74, 6) is 1.62. The van der Waals surface area contributed by atoms with Gasteiger partial charge in [-0.1, -0.05) is 0 Å². The van der Waals surface area contributed by atoms with Crippen LogP contribution in [0.3, 0.4) is 0 Å². The third-order valence-electron chi connectivity index (χ3n) is 4.25. The Morgan fingerprint density at radius 2 is 2.23 bits per heavy atom. The van der Waals surface area contributed by atoms with Crippen molar-refractivity contribution in [2.24, 2.45) is 5.92 Å². The predicted molar refractivity (Wildman–Crippen MR) is 94.0 cm³/mol. The molecule has 122 valence electrons. The van der Waals surface area contributed by atoms with Crippen LogP contribution in [0.4, 0.5) is 0 Å². The smallest absolute Gasteiger partial charge is 0.268 e. The van der Waals surface area contributed by atoms with Gasteiger partial charge in [-0.05, 0) is 63.3 Å². The second-order valence-electron chi connectivity index (χ2n) is 5.76. The fraction of sp³-hybridized carbons (Fsp3) is 0.600. The first-order valence-electron chi connectivity index (χ1n) is 7.59. The van der Waals surface area contributed by atoms with Gasteiger partial charge in [0.1, 0.15) is 10.5 Å². The van der Waals surface area contributed by atoms with Crippen LogP contribution in [-0.2, 0) is 6.54 Å². The fourth-order valence-corrected chi connectivity index (χ4v) is 3.72. The minimum Gasteiger partial charge on any atom is -0.320 e. The molecule has 1 fully saturated rings. The number of thiophene rings is 1. The van der Waals surface area contributed by atoms with Gasteiger partial charge in [0, 0.05) is 0 Å². The number of halogens is 1. The van der Waals surface area contributed by atoms with Crippen molar-refractivity contribution in [3.63, 3.8) is 0 Å². The van der Waals surface area contributed by atoms with Crippen LogP contribution < -0.4 is 10.9 Å². The minimum atomic E-state index is -0.00564. The predicted octanol–water partition coefficient (Wildman–Crippen LogP) is 2.23. The Morgan fingerprint density at radius 3 is 2.95 bits per heavy atom. The Morgan fingerprint density at radius 1 is 1.45 bits per heavy atom. The van der Waals surface area contributed by atoms with Crippen molar-refractivity contribution in [3.8, 4) is 0 Å². The number of rotatable bonds is 5. The maximum Gasteiger partial charge on any atom is 0.268 e. The van der Waals surface area contributed by atoms with Gasteiger partial charge in [0.15, 0.2) is 0 Å². The van der Waals surface area contributed by atoms with Crippen molar-refractivity contribution in [1.29, 1.82) is 0 Å². The van der Waals surface area contributed by atoms with E-state index in [0.717, 1.165) is 48.1 Å². The van der Waals surface area contributed by atoms with E-state index in [0.29, 0.717) is 0 Å². The zero-order valence-corrected chi connectivity index (χ0v) is 14.4. The van der Waals surface area contributed by atoms with Crippen molar-refractivity contribution < 1.29 is 0 Å². The van der Waals surface area contributed by atoms with Crippen molar-refractivity contribution in [3.05, 3.63) is 27.6 Å². The maximum absolute atomic E-state index is 12.0. The van der Waals surface area contributed by atoms with Crippen LogP contribution in [0.2, 0.25) is 0 Å². The molecule has 0 saturated carbocycles. The summed E-state index contributed by atoms with van der Waals surface area (Å²) in [5.41, 5.74) is 0.816. The molecule has 0 amide bonds. The lowest BCUT2D eigenvalue weighted by Gasteiger charge is -2.31. The lowest BCUT2D eigenvalue weighted by molar-refractivity contribution is 0.169. The van der Waals surface area contributed by atoms with Gasteiger partial charge >= 0.3 is 0 Å². The number of nitrogens with zero attached hydrogens (tertiary/aromatic N) is 2. The number of fused-ring (bicyclic) bond motifs is 1. The average molecular weight is 343 g/mol. The van der Waals surface area contributed by atoms with Gasteiger partial charge in [0.25, 0.3) is 5.56 Å². The number of likely N-dealkylation sites (tertiary alicyclic amines) is 1. The number of hydrogen-bond donors (Lipinski definition) is 2. The fourth-order valence-electron chi connectivity index (χ4n) is 2.99. The molecule has 2 aromatic rings. The number of aromatic nitrogens is 2. The summed E-state index contributed by atoms with van der Waals surface area (Å²) in [6.07, 6.45) is 3.75. The maximum atomic E-state index is 12.0. The topological polar surface area (TPSA) is 61.0 Å². The van der Waals surface area contributed by atoms with E-state index >= 15 is 0 Å². The lowest BCUT2D eigenvalue weighted by Crippen LogP contribution is -2.35. The molecule has 3 heterocycles. The van der Waals surface area contributed by atoms with Gasteiger partial charge in [-0.3, -0.25) is 9.69 Å². The second-order valence-corrected chi connectivity index (χ2v) is 6.68. The van der Waals surface area contributed by atoms with Crippen LogP contribution in [-0.4, -0.2) is 41.5 Å². The average Bonchev–Trinajstić information content (AvgIpc) is 2.95. The highest BCUT2D eigenvalue weighted by atomic mass is 35.5. The molecule has 0 bridgehead atoms. The third-order valence-corrected chi connectivity index (χ3v) is 5.15. The molecule has 3 rings (SSSR count). The summed E-state index contributed by atoms with van der Waals surface area (Å²) in [5, 5.41) is 5.14. The number of nitrogens with one attached hydrogen (secondary N) is 2. The zero-order chi connectivity index (χ0) is 14.7. The van der Waals surface area contributed by atoms with Gasteiger partial charge in [0.05, 0.1) is 12.1 Å². The molecular formula is C15H23ClN4OS. The largest absolute Gasteiger partial charge is 0.320 e. The standard InChI is InChI=1S/C15H22N4OS.ClH/c1-16-6-2-11-3-7-19(8-4-11)10-13-17-12-5-9-21-14(12)15(20)18-13;/h5,9,11,16H,2-4,6-8,10H2,1H3,(H,17,18,20);1H. The Labute approximate surface area is 140 Å². The molecule has 0 spiro atoms. The first kappa shape index (κ1) is 17.4. The Bertz CT molecular complexity index is 648. The van der Waals surface area contributed by atoms with Gasteiger partial charge in [-0.15, -0.1) is 23.7 Å². The highest BCUT2D eigenvalue weighted by molar-refractivity contribution is 7.17. The van der Waals surface area contributed by atoms with E-state index in [1.165, 1.54) is 30.6 Å². The molecule has 2 aromatic heterocycles. The molecular weight excluding hydrogens is 320 g/mol. The molecule has 0 unspecified atom stereocenters. The van der Waals surface area contributed by atoms with Gasteiger partial charge < -0.3 is 10.3 Å². The normalized spacial score (nSPS) is 16.8. The lowest BCUT2D eigenvalue weighted by atomic mass is 9.93. The molecule has 2 N–H and O–H groups in total. The molecule has 0 radical (unpaired) electrons. The first-order chi connectivity index (χ1) is 10.3. The Kier molecular flexibility index (Phi) is 6.37. The molecule has 1 aliphatic heterocycles. The number of H-pyrrole nitrogens is 1. The summed E-state index contributed by atoms with van der Waals surface area (Å²) in [4.78, 5) is 21.8. The van der Waals surface area contributed by atoms with Crippen molar-refractivity contribution in [2.75, 3.05) is 26.7 Å². The van der Waals surface area contributed by atoms with Crippen molar-refractivity contribution in [2.45, 2.75) is 25.8 Å². The Hall–Kier alpha value is -0.950. The van der Waals surface area contributed by atoms with E-state index in [2.05, 4.69) is 20.2 Å². The van der Waals surface area contributed by atoms with E-state index < -0.39 is 0 Å². The van der Waals surface area contributed by atoms with Crippen molar-refractivity contribution >= 4 is 34.0 Å². The SMILES string of the molecule is CNCCC1CCN(Cc2nc3ccsc3c(=O)[nH]2)CC1.Cl. The van der Waals surface area contributed by atoms with E-state index in [-0.39, 0.29) is 18.0 Å². The third kappa shape index (κ3) is 4.07. The monoisotopic (exact) mass is 342 g/mol. The van der Waals surface area contributed by atoms with E-state index in [1.54, 1.807) is 0 Å². The molecule has 0 atom stereocenters. The van der Waals surface area contributed by atoms with E-state index in [4.69, 9.17) is 0 Å². The van der Waals surface area contributed by atoms with Gasteiger partial charge in [-0.25, -0.2) is 4.98 Å². The Balaban J connectivity index is 0.00000176. The van der Waals surface area contributed by atoms with Crippen LogP contribution >= 0.6 is 23.7 Å². The molecule has 0 aliphatic carbocycles. The number of aromatic amines is 1. The number of hydrogen-bond acceptors (Lipinski definition) is 5. The van der Waals surface area contributed by atoms with E-state index in [9.17, 15) is 4.79 Å². The molecule has 1 aliphatic rings. The molecule has 0 aromatic carbocycles. The van der Waals surface area contributed by atoms with Crippen LogP contribution in [0.5, 0.6) is 0 Å².